The molecule has 0 atom stereocenters. The zero-order valence-corrected chi connectivity index (χ0v) is 27.8. The molecule has 238 valence electrons. The molecule has 0 saturated heterocycles. The van der Waals surface area contributed by atoms with Crippen molar-refractivity contribution >= 4 is 0 Å². The first-order chi connectivity index (χ1) is 24.7. The molecule has 0 radical (unpaired) electrons. The molecule has 9 rings (SSSR count). The van der Waals surface area contributed by atoms with E-state index >= 15 is 0 Å². The van der Waals surface area contributed by atoms with E-state index in [2.05, 4.69) is 127 Å². The lowest BCUT2D eigenvalue weighted by Crippen LogP contribution is -2.28. The Labute approximate surface area is 293 Å². The molecular formula is C47H35N3. The highest BCUT2D eigenvalue weighted by atomic mass is 14.9. The summed E-state index contributed by atoms with van der Waals surface area (Å²) < 4.78 is 0. The lowest BCUT2D eigenvalue weighted by molar-refractivity contribution is 0.353. The zero-order valence-electron chi connectivity index (χ0n) is 27.8. The molecule has 7 aromatic rings. The molecule has 1 heterocycles. The molecule has 6 aromatic carbocycles. The van der Waals surface area contributed by atoms with Crippen LogP contribution in [-0.4, -0.2) is 9.97 Å². The lowest BCUT2D eigenvalue weighted by Gasteiger charge is -2.36. The van der Waals surface area contributed by atoms with Gasteiger partial charge in [0.15, 0.2) is 5.82 Å². The molecule has 3 heteroatoms. The second kappa shape index (κ2) is 12.4. The fourth-order valence-corrected chi connectivity index (χ4v) is 8.41. The molecule has 50 heavy (non-hydrogen) atoms. The molecule has 0 bridgehead atoms. The molecule has 1 spiro atoms. The fourth-order valence-electron chi connectivity index (χ4n) is 8.41. The topological polar surface area (TPSA) is 49.6 Å². The predicted octanol–water partition coefficient (Wildman–Crippen LogP) is 11.9. The van der Waals surface area contributed by atoms with Gasteiger partial charge in [0.2, 0.25) is 0 Å². The van der Waals surface area contributed by atoms with E-state index in [4.69, 9.17) is 9.97 Å². The summed E-state index contributed by atoms with van der Waals surface area (Å²) in [7, 11) is 0. The number of fused-ring (bicyclic) bond motifs is 5. The Bertz CT molecular complexity index is 2410. The number of hydrogen-bond acceptors (Lipinski definition) is 3. The van der Waals surface area contributed by atoms with Crippen molar-refractivity contribution in [3.8, 4) is 73.4 Å². The number of rotatable bonds is 5. The third-order valence-corrected chi connectivity index (χ3v) is 10.7. The Balaban J connectivity index is 1.25. The average Bonchev–Trinajstić information content (AvgIpc) is 3.46. The minimum atomic E-state index is -0.0485. The van der Waals surface area contributed by atoms with Gasteiger partial charge in [-0.1, -0.05) is 147 Å². The van der Waals surface area contributed by atoms with Crippen LogP contribution in [0.1, 0.15) is 48.8 Å². The standard InChI is InChI=1S/C47H35N3/c48-31-32-24-25-40-42(28-32)47(26-10-3-11-27-47)41-23-13-22-39(45(40)41)37-20-8-9-21-38(37)44-30-43(49-46(50-44)34-16-6-2-7-17-34)36-19-12-18-35(29-36)33-14-4-1-5-15-33/h1-2,4-9,12-25,28-30H,3,10-11,26-27H2. The van der Waals surface area contributed by atoms with Crippen molar-refractivity contribution in [3.05, 3.63) is 168 Å². The molecule has 0 N–H and O–H groups in total. The van der Waals surface area contributed by atoms with Crippen LogP contribution in [0.2, 0.25) is 0 Å². The van der Waals surface area contributed by atoms with Gasteiger partial charge >= 0.3 is 0 Å². The predicted molar refractivity (Wildman–Crippen MR) is 203 cm³/mol. The van der Waals surface area contributed by atoms with Gasteiger partial charge in [-0.15, -0.1) is 0 Å². The van der Waals surface area contributed by atoms with Crippen molar-refractivity contribution in [2.75, 3.05) is 0 Å². The SMILES string of the molecule is N#Cc1ccc2c(c1)C1(CCCCC1)c1cccc(-c3ccccc3-c3cc(-c4cccc(-c5ccccc5)c4)nc(-c4ccccc4)n3)c1-2. The van der Waals surface area contributed by atoms with Crippen molar-refractivity contribution < 1.29 is 0 Å². The first-order valence-electron chi connectivity index (χ1n) is 17.6. The van der Waals surface area contributed by atoms with Crippen LogP contribution >= 0.6 is 0 Å². The van der Waals surface area contributed by atoms with Crippen LogP contribution in [-0.2, 0) is 5.41 Å². The normalized spacial score (nSPS) is 14.1. The highest BCUT2D eigenvalue weighted by Crippen LogP contribution is 2.58. The summed E-state index contributed by atoms with van der Waals surface area (Å²) in [6.07, 6.45) is 5.90. The van der Waals surface area contributed by atoms with Crippen LogP contribution in [0.5, 0.6) is 0 Å². The number of benzene rings is 6. The fraction of sp³-hybridized carbons (Fsp3) is 0.128. The monoisotopic (exact) mass is 641 g/mol. The minimum absolute atomic E-state index is 0.0485. The van der Waals surface area contributed by atoms with Crippen LogP contribution in [0.25, 0.3) is 67.3 Å². The first-order valence-corrected chi connectivity index (χ1v) is 17.6. The van der Waals surface area contributed by atoms with Gasteiger partial charge in [-0.05, 0) is 81.6 Å². The van der Waals surface area contributed by atoms with Gasteiger partial charge in [-0.3, -0.25) is 0 Å². The Morgan fingerprint density at radius 2 is 1.10 bits per heavy atom. The smallest absolute Gasteiger partial charge is 0.160 e. The average molecular weight is 642 g/mol. The molecule has 3 nitrogen and oxygen atoms in total. The molecule has 0 unspecified atom stereocenters. The van der Waals surface area contributed by atoms with Gasteiger partial charge < -0.3 is 0 Å². The Morgan fingerprint density at radius 3 is 1.88 bits per heavy atom. The molecule has 1 aromatic heterocycles. The lowest BCUT2D eigenvalue weighted by atomic mass is 9.67. The molecule has 2 aliphatic carbocycles. The number of nitriles is 1. The molecule has 1 fully saturated rings. The van der Waals surface area contributed by atoms with Gasteiger partial charge in [0, 0.05) is 22.1 Å². The highest BCUT2D eigenvalue weighted by Gasteiger charge is 2.44. The van der Waals surface area contributed by atoms with Gasteiger partial charge in [-0.2, -0.15) is 5.26 Å². The van der Waals surface area contributed by atoms with Crippen molar-refractivity contribution in [2.24, 2.45) is 0 Å². The summed E-state index contributed by atoms with van der Waals surface area (Å²) in [6.45, 7) is 0. The van der Waals surface area contributed by atoms with Crippen LogP contribution in [0.4, 0.5) is 0 Å². The first kappa shape index (κ1) is 30.0. The summed E-state index contributed by atoms with van der Waals surface area (Å²) in [5.74, 6) is 0.701. The third-order valence-electron chi connectivity index (χ3n) is 10.7. The van der Waals surface area contributed by atoms with E-state index in [1.165, 1.54) is 52.6 Å². The van der Waals surface area contributed by atoms with E-state index in [0.29, 0.717) is 5.82 Å². The van der Waals surface area contributed by atoms with Crippen LogP contribution in [0, 0.1) is 11.3 Å². The Hall–Kier alpha value is -6.11. The third kappa shape index (κ3) is 5.04. The van der Waals surface area contributed by atoms with E-state index in [9.17, 15) is 5.26 Å². The van der Waals surface area contributed by atoms with Gasteiger partial charge in [0.25, 0.3) is 0 Å². The maximum absolute atomic E-state index is 9.89. The number of hydrogen-bond donors (Lipinski definition) is 0. The van der Waals surface area contributed by atoms with Gasteiger partial charge in [-0.25, -0.2) is 9.97 Å². The van der Waals surface area contributed by atoms with E-state index < -0.39 is 0 Å². The molecule has 1 saturated carbocycles. The Morgan fingerprint density at radius 1 is 0.460 bits per heavy atom. The van der Waals surface area contributed by atoms with Crippen LogP contribution in [0.3, 0.4) is 0 Å². The maximum Gasteiger partial charge on any atom is 0.160 e. The number of nitrogens with zero attached hydrogens (tertiary/aromatic N) is 3. The van der Waals surface area contributed by atoms with Crippen LogP contribution in [0.15, 0.2) is 152 Å². The number of aromatic nitrogens is 2. The highest BCUT2D eigenvalue weighted by molar-refractivity contribution is 5.97. The van der Waals surface area contributed by atoms with Gasteiger partial charge in [0.1, 0.15) is 0 Å². The van der Waals surface area contributed by atoms with Crippen LogP contribution < -0.4 is 0 Å². The quantitative estimate of drug-likeness (QED) is 0.188. The van der Waals surface area contributed by atoms with E-state index in [1.54, 1.807) is 0 Å². The molecular weight excluding hydrogens is 607 g/mol. The largest absolute Gasteiger partial charge is 0.228 e. The summed E-state index contributed by atoms with van der Waals surface area (Å²) in [4.78, 5) is 10.4. The zero-order chi connectivity index (χ0) is 33.5. The summed E-state index contributed by atoms with van der Waals surface area (Å²) in [6, 6.07) is 55.8. The van der Waals surface area contributed by atoms with Gasteiger partial charge in [0.05, 0.1) is 23.0 Å². The summed E-state index contributed by atoms with van der Waals surface area (Å²) in [5, 5.41) is 9.89. The van der Waals surface area contributed by atoms with Crippen molar-refractivity contribution in [1.29, 1.82) is 5.26 Å². The van der Waals surface area contributed by atoms with Crippen molar-refractivity contribution in [2.45, 2.75) is 37.5 Å². The van der Waals surface area contributed by atoms with E-state index in [-0.39, 0.29) is 5.41 Å². The second-order valence-corrected chi connectivity index (χ2v) is 13.6. The van der Waals surface area contributed by atoms with Crippen molar-refractivity contribution in [1.82, 2.24) is 9.97 Å². The van der Waals surface area contributed by atoms with Crippen molar-refractivity contribution in [3.63, 3.8) is 0 Å². The molecule has 0 aliphatic heterocycles. The second-order valence-electron chi connectivity index (χ2n) is 13.6. The van der Waals surface area contributed by atoms with E-state index in [1.807, 2.05) is 30.3 Å². The Kier molecular flexibility index (Phi) is 7.44. The molecule has 0 amide bonds. The molecule has 2 aliphatic rings. The minimum Gasteiger partial charge on any atom is -0.228 e. The van der Waals surface area contributed by atoms with E-state index in [0.717, 1.165) is 57.6 Å². The maximum atomic E-state index is 9.89. The summed E-state index contributed by atoms with van der Waals surface area (Å²) in [5.41, 5.74) is 15.5. The summed E-state index contributed by atoms with van der Waals surface area (Å²) >= 11 is 0.